The highest BCUT2D eigenvalue weighted by Crippen LogP contribution is 2.22. The lowest BCUT2D eigenvalue weighted by Crippen LogP contribution is -2.59. The van der Waals surface area contributed by atoms with Crippen molar-refractivity contribution < 1.29 is 8.85 Å². The zero-order valence-corrected chi connectivity index (χ0v) is 12.0. The first-order chi connectivity index (χ1) is 8.78. The summed E-state index contributed by atoms with van der Waals surface area (Å²) in [6, 6.07) is 9.86. The quantitative estimate of drug-likeness (QED) is 0.715. The van der Waals surface area contributed by atoms with Crippen molar-refractivity contribution in [1.29, 1.82) is 0 Å². The maximum Gasteiger partial charge on any atom is 0.372 e. The predicted octanol–water partition coefficient (Wildman–Crippen LogP) is 1.40. The van der Waals surface area contributed by atoms with Gasteiger partial charge in [0.1, 0.15) is 0 Å². The first-order valence-corrected chi connectivity index (χ1v) is 8.88. The molecule has 2 bridgehead atoms. The molecule has 3 saturated heterocycles. The van der Waals surface area contributed by atoms with E-state index in [1.54, 1.807) is 0 Å². The average Bonchev–Trinajstić information content (AvgIpc) is 2.28. The van der Waals surface area contributed by atoms with Crippen LogP contribution in [0.25, 0.3) is 0 Å². The summed E-state index contributed by atoms with van der Waals surface area (Å²) >= 11 is 0. The molecule has 1 aromatic carbocycles. The fourth-order valence-electron chi connectivity index (χ4n) is 2.85. The van der Waals surface area contributed by atoms with Gasteiger partial charge in [0.2, 0.25) is 0 Å². The van der Waals surface area contributed by atoms with Crippen LogP contribution >= 0.6 is 0 Å². The Morgan fingerprint density at radius 1 is 1.00 bits per heavy atom. The van der Waals surface area contributed by atoms with Crippen molar-refractivity contribution in [1.82, 2.24) is 4.90 Å². The highest BCUT2D eigenvalue weighted by Gasteiger charge is 2.42. The molecule has 0 aromatic heterocycles. The normalized spacial score (nSPS) is 32.6. The molecule has 0 aliphatic carbocycles. The smallest absolute Gasteiger partial charge is 0.372 e. The first kappa shape index (κ1) is 12.4. The molecular weight excluding hydrogens is 242 g/mol. The fourth-order valence-corrected chi connectivity index (χ4v) is 5.99. The summed E-state index contributed by atoms with van der Waals surface area (Å²) in [6.07, 6.45) is 1.19. The summed E-state index contributed by atoms with van der Waals surface area (Å²) in [5, 5.41) is 1.31. The Hall–Kier alpha value is -0.683. The summed E-state index contributed by atoms with van der Waals surface area (Å²) in [5.41, 5.74) is 1.30. The SMILES string of the molecule is Cc1ccc([Si]23CCCN(CCO2)CCO3)cc1. The van der Waals surface area contributed by atoms with Crippen LogP contribution in [-0.4, -0.2) is 46.3 Å². The van der Waals surface area contributed by atoms with E-state index in [2.05, 4.69) is 36.1 Å². The van der Waals surface area contributed by atoms with Crippen molar-refractivity contribution in [3.63, 3.8) is 0 Å². The predicted molar refractivity (Wildman–Crippen MR) is 74.3 cm³/mol. The van der Waals surface area contributed by atoms with Gasteiger partial charge in [0.25, 0.3) is 0 Å². The third-order valence-corrected chi connectivity index (χ3v) is 7.52. The zero-order chi connectivity index (χ0) is 12.4. The van der Waals surface area contributed by atoms with Gasteiger partial charge in [-0.2, -0.15) is 0 Å². The Morgan fingerprint density at radius 3 is 2.33 bits per heavy atom. The molecule has 0 unspecified atom stereocenters. The lowest BCUT2D eigenvalue weighted by atomic mass is 10.2. The highest BCUT2D eigenvalue weighted by molar-refractivity contribution is 6.81. The minimum atomic E-state index is -2.15. The largest absolute Gasteiger partial charge is 0.390 e. The van der Waals surface area contributed by atoms with E-state index in [-0.39, 0.29) is 0 Å². The minimum Gasteiger partial charge on any atom is -0.390 e. The maximum absolute atomic E-state index is 6.24. The standard InChI is InChI=1S/C14H21NO2Si/c1-13-3-5-14(6-4-13)18-12-2-7-15(8-10-16-18)9-11-17-18/h3-6H,2,7-12H2,1H3. The first-order valence-electron chi connectivity index (χ1n) is 6.86. The van der Waals surface area contributed by atoms with Gasteiger partial charge in [-0.1, -0.05) is 29.8 Å². The van der Waals surface area contributed by atoms with Crippen molar-refractivity contribution in [3.05, 3.63) is 29.8 Å². The second-order valence-electron chi connectivity index (χ2n) is 5.26. The monoisotopic (exact) mass is 263 g/mol. The summed E-state index contributed by atoms with van der Waals surface area (Å²) in [5.74, 6) is 0. The van der Waals surface area contributed by atoms with Gasteiger partial charge in [-0.15, -0.1) is 0 Å². The van der Waals surface area contributed by atoms with Gasteiger partial charge in [0.05, 0.1) is 0 Å². The van der Waals surface area contributed by atoms with Crippen molar-refractivity contribution in [2.24, 2.45) is 0 Å². The Kier molecular flexibility index (Phi) is 3.52. The number of aryl methyl sites for hydroxylation is 1. The summed E-state index contributed by atoms with van der Waals surface area (Å²) < 4.78 is 12.5. The summed E-state index contributed by atoms with van der Waals surface area (Å²) in [7, 11) is -2.15. The topological polar surface area (TPSA) is 21.7 Å². The molecule has 4 rings (SSSR count). The van der Waals surface area contributed by atoms with Crippen LogP contribution in [0.5, 0.6) is 0 Å². The average molecular weight is 263 g/mol. The highest BCUT2D eigenvalue weighted by atomic mass is 28.4. The fraction of sp³-hybridized carbons (Fsp3) is 0.571. The van der Waals surface area contributed by atoms with E-state index in [4.69, 9.17) is 8.85 Å². The van der Waals surface area contributed by atoms with Crippen LogP contribution in [-0.2, 0) is 8.85 Å². The van der Waals surface area contributed by atoms with Gasteiger partial charge in [-0.3, -0.25) is 4.90 Å². The van der Waals surface area contributed by atoms with Crippen LogP contribution in [0.15, 0.2) is 24.3 Å². The number of benzene rings is 1. The van der Waals surface area contributed by atoms with Gasteiger partial charge >= 0.3 is 8.56 Å². The Bertz CT molecular complexity index is 380. The molecule has 0 amide bonds. The molecule has 3 heterocycles. The van der Waals surface area contributed by atoms with E-state index >= 15 is 0 Å². The van der Waals surface area contributed by atoms with Crippen molar-refractivity contribution in [2.45, 2.75) is 19.4 Å². The number of rotatable bonds is 1. The molecule has 3 aliphatic rings. The molecule has 98 valence electrons. The molecule has 0 atom stereocenters. The molecule has 0 spiro atoms. The molecule has 18 heavy (non-hydrogen) atoms. The lowest BCUT2D eigenvalue weighted by Gasteiger charge is -2.39. The second kappa shape index (κ2) is 5.13. The molecule has 1 aromatic rings. The van der Waals surface area contributed by atoms with E-state index in [0.717, 1.165) is 32.3 Å². The molecule has 3 fully saturated rings. The summed E-state index contributed by atoms with van der Waals surface area (Å²) in [4.78, 5) is 2.45. The van der Waals surface area contributed by atoms with Gasteiger partial charge in [-0.25, -0.2) is 0 Å². The molecule has 4 heteroatoms. The molecule has 0 N–H and O–H groups in total. The van der Waals surface area contributed by atoms with Crippen molar-refractivity contribution in [2.75, 3.05) is 32.8 Å². The van der Waals surface area contributed by atoms with Crippen LogP contribution in [0, 0.1) is 6.92 Å². The van der Waals surface area contributed by atoms with Gasteiger partial charge < -0.3 is 8.85 Å². The Balaban J connectivity index is 1.91. The van der Waals surface area contributed by atoms with Crippen LogP contribution in [0.1, 0.15) is 12.0 Å². The maximum atomic E-state index is 6.24. The van der Waals surface area contributed by atoms with Gasteiger partial charge in [-0.05, 0) is 31.1 Å². The van der Waals surface area contributed by atoms with Crippen LogP contribution in [0.2, 0.25) is 6.04 Å². The Labute approximate surface area is 110 Å². The van der Waals surface area contributed by atoms with E-state index in [1.165, 1.54) is 23.7 Å². The molecule has 3 nitrogen and oxygen atoms in total. The number of fused-ring (bicyclic) bond motifs is 6. The molecule has 0 radical (unpaired) electrons. The molecular formula is C14H21NO2Si. The Morgan fingerprint density at radius 2 is 1.67 bits per heavy atom. The zero-order valence-electron chi connectivity index (χ0n) is 11.0. The van der Waals surface area contributed by atoms with Crippen LogP contribution < -0.4 is 5.19 Å². The van der Waals surface area contributed by atoms with E-state index in [9.17, 15) is 0 Å². The molecule has 0 saturated carbocycles. The lowest BCUT2D eigenvalue weighted by molar-refractivity contribution is 0.0866. The van der Waals surface area contributed by atoms with Crippen molar-refractivity contribution in [3.8, 4) is 0 Å². The van der Waals surface area contributed by atoms with Gasteiger partial charge in [0.15, 0.2) is 0 Å². The second-order valence-corrected chi connectivity index (χ2v) is 8.42. The number of hydrogen-bond donors (Lipinski definition) is 0. The summed E-state index contributed by atoms with van der Waals surface area (Å²) in [6.45, 7) is 7.08. The third kappa shape index (κ3) is 2.38. The van der Waals surface area contributed by atoms with Gasteiger partial charge in [0, 0.05) is 26.3 Å². The van der Waals surface area contributed by atoms with Crippen LogP contribution in [0.3, 0.4) is 0 Å². The molecule has 3 aliphatic heterocycles. The third-order valence-electron chi connectivity index (χ3n) is 3.96. The van der Waals surface area contributed by atoms with E-state index in [0.29, 0.717) is 0 Å². The van der Waals surface area contributed by atoms with Crippen molar-refractivity contribution >= 4 is 13.7 Å². The number of hydrogen-bond acceptors (Lipinski definition) is 3. The minimum absolute atomic E-state index is 0.820. The van der Waals surface area contributed by atoms with E-state index < -0.39 is 8.56 Å². The number of nitrogens with zero attached hydrogens (tertiary/aromatic N) is 1. The van der Waals surface area contributed by atoms with E-state index in [1.807, 2.05) is 0 Å². The van der Waals surface area contributed by atoms with Crippen LogP contribution in [0.4, 0.5) is 0 Å².